The molecule has 13 heavy (non-hydrogen) atoms. The third-order valence-corrected chi connectivity index (χ3v) is 2.40. The van der Waals surface area contributed by atoms with Gasteiger partial charge in [0.1, 0.15) is 0 Å². The molecule has 0 aromatic carbocycles. The van der Waals surface area contributed by atoms with Crippen LogP contribution in [-0.4, -0.2) is 11.5 Å². The van der Waals surface area contributed by atoms with Crippen LogP contribution in [-0.2, 0) is 6.42 Å². The summed E-state index contributed by atoms with van der Waals surface area (Å²) in [6.07, 6.45) is 2.44. The Kier molecular flexibility index (Phi) is 2.42. The Morgan fingerprint density at radius 2 is 2.46 bits per heavy atom. The fourth-order valence-corrected chi connectivity index (χ4v) is 1.73. The zero-order valence-corrected chi connectivity index (χ0v) is 7.88. The van der Waals surface area contributed by atoms with E-state index in [1.165, 1.54) is 0 Å². The van der Waals surface area contributed by atoms with E-state index >= 15 is 0 Å². The first-order valence-corrected chi connectivity index (χ1v) is 5.02. The van der Waals surface area contributed by atoms with Crippen LogP contribution in [0, 0.1) is 0 Å². The van der Waals surface area contributed by atoms with Gasteiger partial charge in [-0.1, -0.05) is 0 Å². The number of hydrogen-bond acceptors (Lipinski definition) is 4. The van der Waals surface area contributed by atoms with E-state index in [-0.39, 0.29) is 0 Å². The van der Waals surface area contributed by atoms with Gasteiger partial charge in [0.05, 0.1) is 6.20 Å². The Morgan fingerprint density at radius 1 is 1.54 bits per heavy atom. The lowest BCUT2D eigenvalue weighted by molar-refractivity contribution is 0.508. The maximum Gasteiger partial charge on any atom is 0.196 e. The SMILES string of the molecule is NCCc1ncc(-c2ccsc2)o1. The van der Waals surface area contributed by atoms with E-state index in [1.54, 1.807) is 17.5 Å². The monoisotopic (exact) mass is 194 g/mol. The summed E-state index contributed by atoms with van der Waals surface area (Å²) in [4.78, 5) is 4.12. The van der Waals surface area contributed by atoms with Gasteiger partial charge in [-0.3, -0.25) is 0 Å². The van der Waals surface area contributed by atoms with E-state index in [1.807, 2.05) is 16.8 Å². The Hall–Kier alpha value is -1.13. The van der Waals surface area contributed by atoms with E-state index in [0.717, 1.165) is 11.3 Å². The molecule has 3 nitrogen and oxygen atoms in total. The summed E-state index contributed by atoms with van der Waals surface area (Å²) in [6.45, 7) is 0.573. The van der Waals surface area contributed by atoms with Gasteiger partial charge in [-0.25, -0.2) is 4.98 Å². The minimum atomic E-state index is 0.573. The second-order valence-corrected chi connectivity index (χ2v) is 3.45. The number of thiophene rings is 1. The van der Waals surface area contributed by atoms with Crippen molar-refractivity contribution < 1.29 is 4.42 Å². The minimum Gasteiger partial charge on any atom is -0.441 e. The highest BCUT2D eigenvalue weighted by Crippen LogP contribution is 2.22. The van der Waals surface area contributed by atoms with Gasteiger partial charge in [-0.15, -0.1) is 0 Å². The van der Waals surface area contributed by atoms with Crippen molar-refractivity contribution >= 4 is 11.3 Å². The molecule has 0 spiro atoms. The molecule has 0 aliphatic rings. The molecule has 0 bridgehead atoms. The van der Waals surface area contributed by atoms with Crippen molar-refractivity contribution in [2.75, 3.05) is 6.54 Å². The molecule has 0 radical (unpaired) electrons. The Balaban J connectivity index is 2.23. The fraction of sp³-hybridized carbons (Fsp3) is 0.222. The molecule has 0 aliphatic carbocycles. The maximum absolute atomic E-state index is 5.48. The highest BCUT2D eigenvalue weighted by molar-refractivity contribution is 7.08. The predicted octanol–water partition coefficient (Wildman–Crippen LogP) is 1.90. The smallest absolute Gasteiger partial charge is 0.196 e. The predicted molar refractivity (Wildman–Crippen MR) is 52.6 cm³/mol. The number of oxazole rings is 1. The van der Waals surface area contributed by atoms with Gasteiger partial charge < -0.3 is 10.2 Å². The van der Waals surface area contributed by atoms with Crippen LogP contribution in [0.2, 0.25) is 0 Å². The highest BCUT2D eigenvalue weighted by Gasteiger charge is 2.05. The van der Waals surface area contributed by atoms with Gasteiger partial charge in [0.25, 0.3) is 0 Å². The zero-order chi connectivity index (χ0) is 9.10. The number of hydrogen-bond donors (Lipinski definition) is 1. The van der Waals surface area contributed by atoms with E-state index in [9.17, 15) is 0 Å². The molecule has 2 N–H and O–H groups in total. The van der Waals surface area contributed by atoms with Crippen molar-refractivity contribution in [1.29, 1.82) is 0 Å². The third-order valence-electron chi connectivity index (χ3n) is 1.72. The van der Waals surface area contributed by atoms with Gasteiger partial charge in [-0.05, 0) is 11.4 Å². The molecule has 0 aliphatic heterocycles. The van der Waals surface area contributed by atoms with Gasteiger partial charge in [0.15, 0.2) is 11.7 Å². The van der Waals surface area contributed by atoms with Gasteiger partial charge in [0.2, 0.25) is 0 Å². The Labute approximate surface area is 80.2 Å². The summed E-state index contributed by atoms with van der Waals surface area (Å²) in [5, 5.41) is 4.05. The minimum absolute atomic E-state index is 0.573. The second-order valence-electron chi connectivity index (χ2n) is 2.67. The highest BCUT2D eigenvalue weighted by atomic mass is 32.1. The van der Waals surface area contributed by atoms with Gasteiger partial charge in [0, 0.05) is 23.9 Å². The molecule has 4 heteroatoms. The van der Waals surface area contributed by atoms with Crippen molar-refractivity contribution in [3.8, 4) is 11.3 Å². The molecular weight excluding hydrogens is 184 g/mol. The van der Waals surface area contributed by atoms with E-state index in [0.29, 0.717) is 18.9 Å². The maximum atomic E-state index is 5.48. The van der Waals surface area contributed by atoms with Crippen LogP contribution < -0.4 is 5.73 Å². The van der Waals surface area contributed by atoms with Gasteiger partial charge >= 0.3 is 0 Å². The second kappa shape index (κ2) is 3.72. The van der Waals surface area contributed by atoms with Crippen LogP contribution in [0.25, 0.3) is 11.3 Å². The van der Waals surface area contributed by atoms with Crippen LogP contribution in [0.3, 0.4) is 0 Å². The van der Waals surface area contributed by atoms with E-state index < -0.39 is 0 Å². The molecule has 0 unspecified atom stereocenters. The van der Waals surface area contributed by atoms with Crippen LogP contribution in [0.15, 0.2) is 27.4 Å². The summed E-state index contributed by atoms with van der Waals surface area (Å²) in [5.74, 6) is 1.54. The van der Waals surface area contributed by atoms with Crippen LogP contribution >= 0.6 is 11.3 Å². The molecule has 0 amide bonds. The zero-order valence-electron chi connectivity index (χ0n) is 7.06. The first-order chi connectivity index (χ1) is 6.40. The fourth-order valence-electron chi connectivity index (χ4n) is 1.09. The number of nitrogens with two attached hydrogens (primary N) is 1. The summed E-state index contributed by atoms with van der Waals surface area (Å²) in [6, 6.07) is 2.01. The van der Waals surface area contributed by atoms with E-state index in [2.05, 4.69) is 4.98 Å². The first-order valence-electron chi connectivity index (χ1n) is 4.07. The lowest BCUT2D eigenvalue weighted by Crippen LogP contribution is -2.02. The van der Waals surface area contributed by atoms with Crippen molar-refractivity contribution in [3.63, 3.8) is 0 Å². The molecular formula is C9H10N2OS. The average molecular weight is 194 g/mol. The quantitative estimate of drug-likeness (QED) is 0.812. The molecule has 0 fully saturated rings. The summed E-state index contributed by atoms with van der Waals surface area (Å²) >= 11 is 1.64. The van der Waals surface area contributed by atoms with Gasteiger partial charge in [-0.2, -0.15) is 11.3 Å². The van der Waals surface area contributed by atoms with Crippen molar-refractivity contribution in [2.45, 2.75) is 6.42 Å². The van der Waals surface area contributed by atoms with Crippen LogP contribution in [0.5, 0.6) is 0 Å². The summed E-state index contributed by atoms with van der Waals surface area (Å²) < 4.78 is 5.48. The largest absolute Gasteiger partial charge is 0.441 e. The van der Waals surface area contributed by atoms with Crippen LogP contribution in [0.1, 0.15) is 5.89 Å². The lowest BCUT2D eigenvalue weighted by atomic mass is 10.3. The average Bonchev–Trinajstić information content (AvgIpc) is 2.70. The molecule has 0 saturated carbocycles. The lowest BCUT2D eigenvalue weighted by Gasteiger charge is -1.89. The molecule has 2 aromatic rings. The Bertz CT molecular complexity index is 367. The molecule has 2 rings (SSSR count). The molecule has 2 heterocycles. The van der Waals surface area contributed by atoms with E-state index in [4.69, 9.17) is 10.2 Å². The number of aromatic nitrogens is 1. The topological polar surface area (TPSA) is 52.0 Å². The number of rotatable bonds is 3. The third kappa shape index (κ3) is 1.79. The van der Waals surface area contributed by atoms with Crippen molar-refractivity contribution in [2.24, 2.45) is 5.73 Å². The summed E-state index contributed by atoms with van der Waals surface area (Å²) in [7, 11) is 0. The van der Waals surface area contributed by atoms with Crippen molar-refractivity contribution in [3.05, 3.63) is 28.9 Å². The van der Waals surface area contributed by atoms with Crippen molar-refractivity contribution in [1.82, 2.24) is 4.98 Å². The van der Waals surface area contributed by atoms with Crippen LogP contribution in [0.4, 0.5) is 0 Å². The molecule has 0 atom stereocenters. The molecule has 2 aromatic heterocycles. The Morgan fingerprint density at radius 3 is 3.15 bits per heavy atom. The normalized spacial score (nSPS) is 10.5. The molecule has 68 valence electrons. The first kappa shape index (κ1) is 8.47. The summed E-state index contributed by atoms with van der Waals surface area (Å²) in [5.41, 5.74) is 6.47. The standard InChI is InChI=1S/C9H10N2OS/c10-3-1-9-11-5-8(12-9)7-2-4-13-6-7/h2,4-6H,1,3,10H2. The molecule has 0 saturated heterocycles. The number of nitrogens with zero attached hydrogens (tertiary/aromatic N) is 1.